The van der Waals surface area contributed by atoms with Gasteiger partial charge in [-0.1, -0.05) is 0 Å². The summed E-state index contributed by atoms with van der Waals surface area (Å²) in [4.78, 5) is 15.7. The molecule has 174 valence electrons. The van der Waals surface area contributed by atoms with Crippen molar-refractivity contribution in [2.45, 2.75) is 12.8 Å². The van der Waals surface area contributed by atoms with E-state index in [1.165, 1.54) is 18.3 Å². The van der Waals surface area contributed by atoms with Gasteiger partial charge in [-0.25, -0.2) is 23.7 Å². The van der Waals surface area contributed by atoms with Crippen molar-refractivity contribution in [1.29, 1.82) is 0 Å². The standard InChI is InChI=1S/C21H19F5N6O/c22-15-4-3-13(10-16(15)23)28-17-11-19(30-18(12-33)29-17)31-6-8-32(9-7-31)20-14(21(24,25)26)2-1-5-27-20/h1-5,10-11,33H,6-9,12H2,(H,28,29,30). The summed E-state index contributed by atoms with van der Waals surface area (Å²) in [6.07, 6.45) is -3.19. The minimum atomic E-state index is -4.51. The van der Waals surface area contributed by atoms with Crippen LogP contribution in [0.15, 0.2) is 42.6 Å². The quantitative estimate of drug-likeness (QED) is 0.555. The number of nitrogens with one attached hydrogen (secondary N) is 1. The normalized spacial score (nSPS) is 14.5. The first-order valence-electron chi connectivity index (χ1n) is 9.97. The summed E-state index contributed by atoms with van der Waals surface area (Å²) in [5.41, 5.74) is -0.539. The van der Waals surface area contributed by atoms with Crippen LogP contribution < -0.4 is 15.1 Å². The van der Waals surface area contributed by atoms with Crippen LogP contribution in [-0.4, -0.2) is 46.2 Å². The Bertz CT molecular complexity index is 1130. The summed E-state index contributed by atoms with van der Waals surface area (Å²) in [7, 11) is 0. The summed E-state index contributed by atoms with van der Waals surface area (Å²) >= 11 is 0. The highest BCUT2D eigenvalue weighted by molar-refractivity contribution is 5.60. The fourth-order valence-electron chi connectivity index (χ4n) is 3.52. The molecule has 0 unspecified atom stereocenters. The topological polar surface area (TPSA) is 77.4 Å². The van der Waals surface area contributed by atoms with Crippen molar-refractivity contribution in [3.05, 3.63) is 65.6 Å². The second-order valence-corrected chi connectivity index (χ2v) is 7.29. The molecular weight excluding hydrogens is 447 g/mol. The zero-order valence-corrected chi connectivity index (χ0v) is 17.2. The minimum absolute atomic E-state index is 0.101. The van der Waals surface area contributed by atoms with E-state index in [1.54, 1.807) is 11.0 Å². The Morgan fingerprint density at radius 2 is 1.67 bits per heavy atom. The molecule has 12 heteroatoms. The van der Waals surface area contributed by atoms with Crippen LogP contribution in [0.2, 0.25) is 0 Å². The van der Waals surface area contributed by atoms with E-state index in [0.717, 1.165) is 18.2 Å². The van der Waals surface area contributed by atoms with Gasteiger partial charge in [-0.05, 0) is 24.3 Å². The Morgan fingerprint density at radius 1 is 0.939 bits per heavy atom. The number of aliphatic hydroxyl groups excluding tert-OH is 1. The number of halogens is 5. The van der Waals surface area contributed by atoms with Gasteiger partial charge >= 0.3 is 6.18 Å². The molecule has 0 atom stereocenters. The molecule has 1 aliphatic rings. The summed E-state index contributed by atoms with van der Waals surface area (Å²) in [6, 6.07) is 7.10. The highest BCUT2D eigenvalue weighted by atomic mass is 19.4. The van der Waals surface area contributed by atoms with Crippen molar-refractivity contribution in [3.8, 4) is 0 Å². The first kappa shape index (κ1) is 22.6. The van der Waals surface area contributed by atoms with Crippen LogP contribution in [0, 0.1) is 11.6 Å². The highest BCUT2D eigenvalue weighted by Crippen LogP contribution is 2.35. The fourth-order valence-corrected chi connectivity index (χ4v) is 3.52. The number of anilines is 4. The molecule has 2 aromatic heterocycles. The summed E-state index contributed by atoms with van der Waals surface area (Å²) in [6.45, 7) is 0.777. The molecule has 0 saturated carbocycles. The maximum Gasteiger partial charge on any atom is 0.419 e. The molecule has 1 aliphatic heterocycles. The van der Waals surface area contributed by atoms with Gasteiger partial charge in [0.1, 0.15) is 24.1 Å². The predicted molar refractivity (Wildman–Crippen MR) is 111 cm³/mol. The van der Waals surface area contributed by atoms with Gasteiger partial charge in [0.05, 0.1) is 5.56 Å². The van der Waals surface area contributed by atoms with Crippen LogP contribution in [-0.2, 0) is 12.8 Å². The van der Waals surface area contributed by atoms with E-state index < -0.39 is 30.0 Å². The second kappa shape index (κ2) is 9.14. The number of aromatic nitrogens is 3. The lowest BCUT2D eigenvalue weighted by atomic mass is 10.2. The molecule has 2 N–H and O–H groups in total. The molecule has 1 saturated heterocycles. The highest BCUT2D eigenvalue weighted by Gasteiger charge is 2.36. The number of rotatable bonds is 5. The number of hydrogen-bond donors (Lipinski definition) is 2. The number of nitrogens with zero attached hydrogens (tertiary/aromatic N) is 5. The van der Waals surface area contributed by atoms with Gasteiger partial charge in [0.2, 0.25) is 0 Å². The smallest absolute Gasteiger partial charge is 0.388 e. The lowest BCUT2D eigenvalue weighted by Gasteiger charge is -2.37. The minimum Gasteiger partial charge on any atom is -0.388 e. The van der Waals surface area contributed by atoms with E-state index in [1.807, 2.05) is 4.90 Å². The van der Waals surface area contributed by atoms with Crippen LogP contribution >= 0.6 is 0 Å². The Labute approximate surface area is 185 Å². The van der Waals surface area contributed by atoms with Crippen molar-refractivity contribution in [2.24, 2.45) is 0 Å². The average Bonchev–Trinajstić information content (AvgIpc) is 2.81. The summed E-state index contributed by atoms with van der Waals surface area (Å²) < 4.78 is 66.7. The number of aliphatic hydroxyl groups is 1. The molecule has 3 aromatic rings. The van der Waals surface area contributed by atoms with Crippen LogP contribution in [0.3, 0.4) is 0 Å². The van der Waals surface area contributed by atoms with E-state index in [0.29, 0.717) is 18.9 Å². The maximum absolute atomic E-state index is 13.5. The molecule has 0 aliphatic carbocycles. The van der Waals surface area contributed by atoms with E-state index >= 15 is 0 Å². The Morgan fingerprint density at radius 3 is 2.33 bits per heavy atom. The maximum atomic E-state index is 13.5. The molecule has 1 fully saturated rings. The molecule has 4 rings (SSSR count). The lowest BCUT2D eigenvalue weighted by molar-refractivity contribution is -0.137. The zero-order chi connectivity index (χ0) is 23.6. The Hall–Kier alpha value is -3.54. The van der Waals surface area contributed by atoms with Crippen molar-refractivity contribution >= 4 is 23.1 Å². The second-order valence-electron chi connectivity index (χ2n) is 7.29. The number of piperazine rings is 1. The van der Waals surface area contributed by atoms with Gasteiger partial charge in [0.15, 0.2) is 17.5 Å². The SMILES string of the molecule is OCc1nc(Nc2ccc(F)c(F)c2)cc(N2CCN(c3ncccc3C(F)(F)F)CC2)n1. The van der Waals surface area contributed by atoms with Crippen molar-refractivity contribution in [1.82, 2.24) is 15.0 Å². The van der Waals surface area contributed by atoms with Crippen molar-refractivity contribution < 1.29 is 27.1 Å². The van der Waals surface area contributed by atoms with Gasteiger partial charge < -0.3 is 20.2 Å². The Kier molecular flexibility index (Phi) is 6.27. The summed E-state index contributed by atoms with van der Waals surface area (Å²) in [5.74, 6) is -1.34. The van der Waals surface area contributed by atoms with Gasteiger partial charge in [-0.2, -0.15) is 13.2 Å². The molecule has 1 aromatic carbocycles. The third kappa shape index (κ3) is 5.11. The molecule has 3 heterocycles. The van der Waals surface area contributed by atoms with Crippen LogP contribution in [0.5, 0.6) is 0 Å². The predicted octanol–water partition coefficient (Wildman–Crippen LogP) is 3.73. The first-order valence-corrected chi connectivity index (χ1v) is 9.97. The monoisotopic (exact) mass is 466 g/mol. The van der Waals surface area contributed by atoms with Crippen molar-refractivity contribution in [3.63, 3.8) is 0 Å². The molecule has 0 radical (unpaired) electrons. The molecular formula is C21H19F5N6O. The van der Waals surface area contributed by atoms with Crippen LogP contribution in [0.1, 0.15) is 11.4 Å². The lowest BCUT2D eigenvalue weighted by Crippen LogP contribution is -2.47. The van der Waals surface area contributed by atoms with Crippen molar-refractivity contribution in [2.75, 3.05) is 41.3 Å². The number of pyridine rings is 1. The first-order chi connectivity index (χ1) is 15.7. The number of benzene rings is 1. The Balaban J connectivity index is 1.51. The summed E-state index contributed by atoms with van der Waals surface area (Å²) in [5, 5.41) is 12.4. The number of alkyl halides is 3. The van der Waals surface area contributed by atoms with E-state index in [9.17, 15) is 27.1 Å². The third-order valence-electron chi connectivity index (χ3n) is 5.09. The average molecular weight is 466 g/mol. The van der Waals surface area contributed by atoms with Crippen LogP contribution in [0.25, 0.3) is 0 Å². The van der Waals surface area contributed by atoms with Gasteiger partial charge in [-0.3, -0.25) is 0 Å². The molecule has 7 nitrogen and oxygen atoms in total. The van der Waals surface area contributed by atoms with E-state index in [-0.39, 0.29) is 36.2 Å². The van der Waals surface area contributed by atoms with Gasteiger partial charge in [0.25, 0.3) is 0 Å². The molecule has 0 spiro atoms. The molecule has 0 amide bonds. The number of hydrogen-bond acceptors (Lipinski definition) is 7. The van der Waals surface area contributed by atoms with Gasteiger partial charge in [0, 0.05) is 50.2 Å². The molecule has 33 heavy (non-hydrogen) atoms. The van der Waals surface area contributed by atoms with E-state index in [4.69, 9.17) is 0 Å². The molecule has 0 bridgehead atoms. The van der Waals surface area contributed by atoms with Crippen LogP contribution in [0.4, 0.5) is 45.1 Å². The largest absolute Gasteiger partial charge is 0.419 e. The van der Waals surface area contributed by atoms with Gasteiger partial charge in [-0.15, -0.1) is 0 Å². The zero-order valence-electron chi connectivity index (χ0n) is 17.2. The third-order valence-corrected chi connectivity index (χ3v) is 5.09. The van der Waals surface area contributed by atoms with E-state index in [2.05, 4.69) is 20.3 Å². The fraction of sp³-hybridized carbons (Fsp3) is 0.286.